The van der Waals surface area contributed by atoms with Gasteiger partial charge < -0.3 is 15.0 Å². The van der Waals surface area contributed by atoms with Crippen molar-refractivity contribution in [1.29, 1.82) is 0 Å². The highest BCUT2D eigenvalue weighted by Gasteiger charge is 2.40. The Morgan fingerprint density at radius 1 is 0.952 bits per heavy atom. The summed E-state index contributed by atoms with van der Waals surface area (Å²) in [5.41, 5.74) is 1.26. The molecule has 0 aliphatic carbocycles. The molecular formula is C32H37N3O6S. The van der Waals surface area contributed by atoms with E-state index >= 15 is 0 Å². The van der Waals surface area contributed by atoms with E-state index in [9.17, 15) is 22.8 Å². The number of benzene rings is 3. The largest absolute Gasteiger partial charge is 0.497 e. The number of hydrogen-bond acceptors (Lipinski definition) is 6. The fourth-order valence-electron chi connectivity index (χ4n) is 4.94. The van der Waals surface area contributed by atoms with Gasteiger partial charge in [-0.05, 0) is 62.6 Å². The van der Waals surface area contributed by atoms with Crippen LogP contribution in [0, 0.1) is 0 Å². The highest BCUT2D eigenvalue weighted by molar-refractivity contribution is 7.90. The SMILES string of the molecule is COc1cccc(CN(C(=O)CCCN2C(=O)c3ccccc3S2(=O)=O)[C@@H](Cc2ccccc2)C(=O)NC(C)(C)C)c1. The van der Waals surface area contributed by atoms with Gasteiger partial charge >= 0.3 is 0 Å². The van der Waals surface area contributed by atoms with Crippen LogP contribution < -0.4 is 10.1 Å². The molecule has 1 N–H and O–H groups in total. The lowest BCUT2D eigenvalue weighted by Gasteiger charge is -2.34. The molecule has 4 rings (SSSR count). The van der Waals surface area contributed by atoms with E-state index in [2.05, 4.69) is 5.32 Å². The van der Waals surface area contributed by atoms with Crippen molar-refractivity contribution in [2.24, 2.45) is 0 Å². The third-order valence-electron chi connectivity index (χ3n) is 6.92. The molecule has 0 aromatic heterocycles. The zero-order valence-electron chi connectivity index (χ0n) is 24.4. The van der Waals surface area contributed by atoms with Crippen molar-refractivity contribution in [2.45, 2.75) is 63.1 Å². The lowest BCUT2D eigenvalue weighted by Crippen LogP contribution is -2.54. The van der Waals surface area contributed by atoms with Crippen LogP contribution in [0.4, 0.5) is 0 Å². The quantitative estimate of drug-likeness (QED) is 0.358. The average molecular weight is 592 g/mol. The second-order valence-corrected chi connectivity index (χ2v) is 13.1. The van der Waals surface area contributed by atoms with Crippen LogP contribution in [0.5, 0.6) is 5.75 Å². The Bertz CT molecular complexity index is 1550. The maximum absolute atomic E-state index is 13.9. The summed E-state index contributed by atoms with van der Waals surface area (Å²) >= 11 is 0. The van der Waals surface area contributed by atoms with Crippen molar-refractivity contribution in [3.63, 3.8) is 0 Å². The average Bonchev–Trinajstić information content (AvgIpc) is 3.15. The molecule has 0 saturated carbocycles. The Labute approximate surface area is 247 Å². The van der Waals surface area contributed by atoms with E-state index in [1.54, 1.807) is 25.3 Å². The van der Waals surface area contributed by atoms with Crippen LogP contribution in [0.15, 0.2) is 83.8 Å². The number of carbonyl (C=O) groups is 3. The van der Waals surface area contributed by atoms with Gasteiger partial charge in [-0.3, -0.25) is 14.4 Å². The molecule has 42 heavy (non-hydrogen) atoms. The van der Waals surface area contributed by atoms with Crippen LogP contribution in [0.1, 0.15) is 55.1 Å². The summed E-state index contributed by atoms with van der Waals surface area (Å²) < 4.78 is 32.2. The molecule has 3 aromatic rings. The molecule has 222 valence electrons. The van der Waals surface area contributed by atoms with Crippen LogP contribution in [0.2, 0.25) is 0 Å². The molecule has 0 bridgehead atoms. The van der Waals surface area contributed by atoms with Crippen molar-refractivity contribution < 1.29 is 27.5 Å². The summed E-state index contributed by atoms with van der Waals surface area (Å²) in [5.74, 6) is -0.603. The van der Waals surface area contributed by atoms with Crippen LogP contribution in [0.25, 0.3) is 0 Å². The zero-order valence-corrected chi connectivity index (χ0v) is 25.2. The van der Waals surface area contributed by atoms with E-state index in [0.717, 1.165) is 15.4 Å². The van der Waals surface area contributed by atoms with Gasteiger partial charge in [-0.15, -0.1) is 0 Å². The van der Waals surface area contributed by atoms with E-state index in [4.69, 9.17) is 4.74 Å². The molecular weight excluding hydrogens is 554 g/mol. The Hall–Kier alpha value is -4.18. The minimum absolute atomic E-state index is 0.0252. The number of rotatable bonds is 11. The van der Waals surface area contributed by atoms with E-state index in [1.807, 2.05) is 69.3 Å². The Morgan fingerprint density at radius 2 is 1.62 bits per heavy atom. The van der Waals surface area contributed by atoms with Crippen LogP contribution in [-0.4, -0.2) is 60.6 Å². The van der Waals surface area contributed by atoms with Crippen LogP contribution in [0.3, 0.4) is 0 Å². The standard InChI is InChI=1S/C32H37N3O6S/c1-32(2,3)33-30(37)27(21-23-12-6-5-7-13-23)34(22-24-14-10-15-25(20-24)41-4)29(36)18-11-19-35-31(38)26-16-8-9-17-28(26)42(35,39)40/h5-10,12-17,20,27H,11,18-19,21-22H2,1-4H3,(H,33,37)/t27-/m0/s1. The fraction of sp³-hybridized carbons (Fsp3) is 0.344. The first-order valence-corrected chi connectivity index (χ1v) is 15.3. The van der Waals surface area contributed by atoms with E-state index in [-0.39, 0.29) is 54.6 Å². The number of sulfonamides is 1. The third kappa shape index (κ3) is 7.17. The van der Waals surface area contributed by atoms with Crippen molar-refractivity contribution in [3.8, 4) is 5.75 Å². The van der Waals surface area contributed by atoms with Crippen molar-refractivity contribution in [1.82, 2.24) is 14.5 Å². The summed E-state index contributed by atoms with van der Waals surface area (Å²) in [7, 11) is -2.42. The number of amides is 3. The van der Waals surface area contributed by atoms with E-state index < -0.39 is 27.5 Å². The van der Waals surface area contributed by atoms with Gasteiger partial charge in [0.25, 0.3) is 15.9 Å². The molecule has 1 atom stereocenters. The van der Waals surface area contributed by atoms with Crippen molar-refractivity contribution in [3.05, 3.63) is 95.6 Å². The molecule has 0 unspecified atom stereocenters. The van der Waals surface area contributed by atoms with Gasteiger partial charge in [-0.25, -0.2) is 12.7 Å². The lowest BCUT2D eigenvalue weighted by molar-refractivity contribution is -0.142. The number of nitrogens with one attached hydrogen (secondary N) is 1. The van der Waals surface area contributed by atoms with Gasteiger partial charge in [0.15, 0.2) is 0 Å². The molecule has 1 aliphatic rings. The van der Waals surface area contributed by atoms with Gasteiger partial charge in [0.2, 0.25) is 11.8 Å². The second kappa shape index (κ2) is 12.8. The summed E-state index contributed by atoms with van der Waals surface area (Å²) in [5, 5.41) is 3.02. The van der Waals surface area contributed by atoms with Crippen molar-refractivity contribution in [2.75, 3.05) is 13.7 Å². The number of ether oxygens (including phenoxy) is 1. The number of hydrogen-bond donors (Lipinski definition) is 1. The highest BCUT2D eigenvalue weighted by Crippen LogP contribution is 2.30. The number of carbonyl (C=O) groups excluding carboxylic acids is 3. The molecule has 1 aliphatic heterocycles. The zero-order chi connectivity index (χ0) is 30.5. The predicted molar refractivity (Wildman–Crippen MR) is 159 cm³/mol. The number of nitrogens with zero attached hydrogens (tertiary/aromatic N) is 2. The molecule has 1 heterocycles. The maximum Gasteiger partial charge on any atom is 0.269 e. The Balaban J connectivity index is 1.60. The smallest absolute Gasteiger partial charge is 0.269 e. The van der Waals surface area contributed by atoms with Gasteiger partial charge in [-0.2, -0.15) is 0 Å². The first-order chi connectivity index (χ1) is 19.9. The van der Waals surface area contributed by atoms with E-state index in [0.29, 0.717) is 5.75 Å². The normalized spacial score (nSPS) is 14.7. The molecule has 0 saturated heterocycles. The predicted octanol–water partition coefficient (Wildman–Crippen LogP) is 4.17. The minimum Gasteiger partial charge on any atom is -0.497 e. The summed E-state index contributed by atoms with van der Waals surface area (Å²) in [6, 6.07) is 22.0. The Kier molecular flexibility index (Phi) is 9.36. The monoisotopic (exact) mass is 591 g/mol. The molecule has 3 amide bonds. The maximum atomic E-state index is 13.9. The molecule has 9 nitrogen and oxygen atoms in total. The Morgan fingerprint density at radius 3 is 2.29 bits per heavy atom. The van der Waals surface area contributed by atoms with Gasteiger partial charge in [-0.1, -0.05) is 54.6 Å². The third-order valence-corrected chi connectivity index (χ3v) is 8.76. The highest BCUT2D eigenvalue weighted by atomic mass is 32.2. The lowest BCUT2D eigenvalue weighted by atomic mass is 10.00. The molecule has 0 radical (unpaired) electrons. The van der Waals surface area contributed by atoms with Gasteiger partial charge in [0, 0.05) is 31.5 Å². The molecule has 3 aromatic carbocycles. The molecule has 10 heteroatoms. The topological polar surface area (TPSA) is 113 Å². The minimum atomic E-state index is -3.98. The first-order valence-electron chi connectivity index (χ1n) is 13.8. The number of fused-ring (bicyclic) bond motifs is 1. The van der Waals surface area contributed by atoms with Crippen LogP contribution >= 0.6 is 0 Å². The van der Waals surface area contributed by atoms with Gasteiger partial charge in [0.05, 0.1) is 12.7 Å². The molecule has 0 spiro atoms. The summed E-state index contributed by atoms with van der Waals surface area (Å²) in [6.45, 7) is 5.63. The van der Waals surface area contributed by atoms with E-state index in [1.165, 1.54) is 17.0 Å². The summed E-state index contributed by atoms with van der Waals surface area (Å²) in [4.78, 5) is 42.0. The number of methoxy groups -OCH3 is 1. The summed E-state index contributed by atoms with van der Waals surface area (Å²) in [6.07, 6.45) is 0.325. The first kappa shape index (κ1) is 30.8. The molecule has 0 fully saturated rings. The van der Waals surface area contributed by atoms with Crippen molar-refractivity contribution >= 4 is 27.7 Å². The van der Waals surface area contributed by atoms with Crippen LogP contribution in [-0.2, 0) is 32.6 Å². The second-order valence-electron chi connectivity index (χ2n) is 11.3. The fourth-order valence-corrected chi connectivity index (χ4v) is 6.55. The van der Waals surface area contributed by atoms with Gasteiger partial charge in [0.1, 0.15) is 16.7 Å².